The van der Waals surface area contributed by atoms with Crippen molar-refractivity contribution in [3.63, 3.8) is 0 Å². The molecule has 1 aliphatic rings. The van der Waals surface area contributed by atoms with E-state index in [9.17, 15) is 4.79 Å². The summed E-state index contributed by atoms with van der Waals surface area (Å²) in [6, 6.07) is 24.6. The number of hydrogen-bond donors (Lipinski definition) is 0. The Labute approximate surface area is 152 Å². The molecule has 0 saturated heterocycles. The van der Waals surface area contributed by atoms with Gasteiger partial charge in [0.05, 0.1) is 11.1 Å². The van der Waals surface area contributed by atoms with E-state index in [1.165, 1.54) is 0 Å². The molecule has 0 bridgehead atoms. The second-order valence-corrected chi connectivity index (χ2v) is 6.12. The maximum Gasteiger partial charge on any atom is 0.342 e. The molecule has 1 heterocycles. The third-order valence-corrected chi connectivity index (χ3v) is 4.48. The van der Waals surface area contributed by atoms with E-state index in [0.29, 0.717) is 23.3 Å². The number of benzene rings is 3. The maximum atomic E-state index is 12.5. The van der Waals surface area contributed by atoms with Crippen LogP contribution in [-0.2, 0) is 16.9 Å². The Hall–Kier alpha value is -3.33. The zero-order valence-corrected chi connectivity index (χ0v) is 14.2. The van der Waals surface area contributed by atoms with Crippen LogP contribution >= 0.6 is 0 Å². The number of cyclic esters (lactones) is 1. The second-order valence-electron chi connectivity index (χ2n) is 6.12. The summed E-state index contributed by atoms with van der Waals surface area (Å²) in [6.07, 6.45) is 2.49. The number of rotatable bonds is 5. The standard InChI is InChI=1S/C23H18O3/c1-2-10-17-11-6-9-16-21(17)25-23(18-12-4-3-5-13-18)20-15-8-7-14-19(20)22(24)26-23/h2-9,11-16H,1,10H2. The number of fused-ring (bicyclic) bond motifs is 1. The molecule has 26 heavy (non-hydrogen) atoms. The summed E-state index contributed by atoms with van der Waals surface area (Å²) < 4.78 is 12.3. The van der Waals surface area contributed by atoms with Crippen molar-refractivity contribution in [2.45, 2.75) is 12.2 Å². The fraction of sp³-hybridized carbons (Fsp3) is 0.0870. The fourth-order valence-corrected chi connectivity index (χ4v) is 3.28. The number of ether oxygens (including phenoxy) is 2. The molecule has 0 spiro atoms. The molecule has 128 valence electrons. The first-order valence-corrected chi connectivity index (χ1v) is 8.51. The van der Waals surface area contributed by atoms with Crippen LogP contribution in [0, 0.1) is 0 Å². The smallest absolute Gasteiger partial charge is 0.342 e. The van der Waals surface area contributed by atoms with Gasteiger partial charge in [0.15, 0.2) is 0 Å². The van der Waals surface area contributed by atoms with E-state index in [4.69, 9.17) is 9.47 Å². The molecule has 0 aromatic heterocycles. The van der Waals surface area contributed by atoms with Crippen LogP contribution in [0.3, 0.4) is 0 Å². The minimum absolute atomic E-state index is 0.384. The highest BCUT2D eigenvalue weighted by molar-refractivity contribution is 5.95. The molecule has 0 aliphatic carbocycles. The number of carbonyl (C=O) groups excluding carboxylic acids is 1. The first kappa shape index (κ1) is 16.2. The van der Waals surface area contributed by atoms with Crippen LogP contribution in [0.2, 0.25) is 0 Å². The quantitative estimate of drug-likeness (QED) is 0.490. The molecular formula is C23H18O3. The molecule has 3 aromatic carbocycles. The summed E-state index contributed by atoms with van der Waals surface area (Å²) in [7, 11) is 0. The summed E-state index contributed by atoms with van der Waals surface area (Å²) in [6.45, 7) is 3.81. The van der Waals surface area contributed by atoms with Crippen molar-refractivity contribution >= 4 is 5.97 Å². The Morgan fingerprint density at radius 3 is 2.42 bits per heavy atom. The lowest BCUT2D eigenvalue weighted by atomic mass is 9.95. The van der Waals surface area contributed by atoms with Gasteiger partial charge in [-0.15, -0.1) is 6.58 Å². The van der Waals surface area contributed by atoms with E-state index in [2.05, 4.69) is 6.58 Å². The van der Waals surface area contributed by atoms with Crippen LogP contribution in [0.4, 0.5) is 0 Å². The minimum atomic E-state index is -1.30. The van der Waals surface area contributed by atoms with Crippen molar-refractivity contribution in [1.29, 1.82) is 0 Å². The third-order valence-electron chi connectivity index (χ3n) is 4.48. The highest BCUT2D eigenvalue weighted by Crippen LogP contribution is 2.44. The van der Waals surface area contributed by atoms with Crippen LogP contribution in [0.5, 0.6) is 5.75 Å². The van der Waals surface area contributed by atoms with Gasteiger partial charge in [0.1, 0.15) is 5.75 Å². The molecule has 3 heteroatoms. The second kappa shape index (κ2) is 6.52. The van der Waals surface area contributed by atoms with Gasteiger partial charge in [-0.05, 0) is 30.2 Å². The van der Waals surface area contributed by atoms with Crippen molar-refractivity contribution in [3.05, 3.63) is 114 Å². The first-order valence-electron chi connectivity index (χ1n) is 8.51. The van der Waals surface area contributed by atoms with Gasteiger partial charge in [-0.3, -0.25) is 0 Å². The summed E-state index contributed by atoms with van der Waals surface area (Å²) in [5.41, 5.74) is 2.99. The monoisotopic (exact) mass is 342 g/mol. The summed E-state index contributed by atoms with van der Waals surface area (Å²) in [4.78, 5) is 12.5. The van der Waals surface area contributed by atoms with Crippen LogP contribution in [0.1, 0.15) is 27.0 Å². The fourth-order valence-electron chi connectivity index (χ4n) is 3.28. The van der Waals surface area contributed by atoms with Gasteiger partial charge in [0.2, 0.25) is 0 Å². The average Bonchev–Trinajstić information content (AvgIpc) is 2.98. The van der Waals surface area contributed by atoms with Gasteiger partial charge < -0.3 is 9.47 Å². The van der Waals surface area contributed by atoms with Gasteiger partial charge in [-0.2, -0.15) is 0 Å². The zero-order valence-electron chi connectivity index (χ0n) is 14.2. The van der Waals surface area contributed by atoms with Crippen LogP contribution in [-0.4, -0.2) is 5.97 Å². The molecule has 1 aliphatic heterocycles. The summed E-state index contributed by atoms with van der Waals surface area (Å²) in [5, 5.41) is 0. The number of allylic oxidation sites excluding steroid dienone is 1. The van der Waals surface area contributed by atoms with Gasteiger partial charge in [-0.25, -0.2) is 4.79 Å². The highest BCUT2D eigenvalue weighted by Gasteiger charge is 2.49. The highest BCUT2D eigenvalue weighted by atomic mass is 16.7. The lowest BCUT2D eigenvalue weighted by Gasteiger charge is -2.30. The molecule has 1 atom stereocenters. The van der Waals surface area contributed by atoms with Crippen molar-refractivity contribution in [1.82, 2.24) is 0 Å². The average molecular weight is 342 g/mol. The SMILES string of the molecule is C=CCc1ccccc1OC1(c2ccccc2)OC(=O)c2ccccc21. The first-order chi connectivity index (χ1) is 12.7. The molecular weight excluding hydrogens is 324 g/mol. The van der Waals surface area contributed by atoms with E-state index in [1.54, 1.807) is 6.07 Å². The Morgan fingerprint density at radius 2 is 1.62 bits per heavy atom. The largest absolute Gasteiger partial charge is 0.444 e. The van der Waals surface area contributed by atoms with Gasteiger partial charge in [0, 0.05) is 5.56 Å². The van der Waals surface area contributed by atoms with E-state index >= 15 is 0 Å². The summed E-state index contributed by atoms with van der Waals surface area (Å²) >= 11 is 0. The Balaban J connectivity index is 1.90. The minimum Gasteiger partial charge on any atom is -0.444 e. The topological polar surface area (TPSA) is 35.5 Å². The molecule has 1 unspecified atom stereocenters. The predicted octanol–water partition coefficient (Wildman–Crippen LogP) is 4.87. The number of esters is 1. The van der Waals surface area contributed by atoms with Gasteiger partial charge in [0.25, 0.3) is 0 Å². The molecule has 0 amide bonds. The van der Waals surface area contributed by atoms with E-state index in [-0.39, 0.29) is 5.97 Å². The number of para-hydroxylation sites is 1. The molecule has 3 aromatic rings. The molecule has 4 rings (SSSR count). The summed E-state index contributed by atoms with van der Waals surface area (Å²) in [5.74, 6) is -1.02. The molecule has 0 saturated carbocycles. The number of hydrogen-bond acceptors (Lipinski definition) is 3. The van der Waals surface area contributed by atoms with Crippen LogP contribution in [0.15, 0.2) is 91.5 Å². The lowest BCUT2D eigenvalue weighted by molar-refractivity contribution is -0.109. The van der Waals surface area contributed by atoms with Crippen molar-refractivity contribution in [2.24, 2.45) is 0 Å². The van der Waals surface area contributed by atoms with E-state index < -0.39 is 5.79 Å². The van der Waals surface area contributed by atoms with Gasteiger partial charge >= 0.3 is 11.8 Å². The Morgan fingerprint density at radius 1 is 0.923 bits per heavy atom. The zero-order chi connectivity index (χ0) is 18.0. The number of carbonyl (C=O) groups is 1. The van der Waals surface area contributed by atoms with Crippen molar-refractivity contribution in [2.75, 3.05) is 0 Å². The molecule has 0 fully saturated rings. The molecule has 3 nitrogen and oxygen atoms in total. The maximum absolute atomic E-state index is 12.5. The van der Waals surface area contributed by atoms with E-state index in [1.807, 2.05) is 78.9 Å². The van der Waals surface area contributed by atoms with Crippen molar-refractivity contribution in [3.8, 4) is 5.75 Å². The Bertz CT molecular complexity index is 962. The molecule has 0 N–H and O–H groups in total. The van der Waals surface area contributed by atoms with Gasteiger partial charge in [-0.1, -0.05) is 66.7 Å². The van der Waals surface area contributed by atoms with E-state index in [0.717, 1.165) is 11.1 Å². The molecule has 0 radical (unpaired) electrons. The van der Waals surface area contributed by atoms with Crippen LogP contribution < -0.4 is 4.74 Å². The van der Waals surface area contributed by atoms with Crippen LogP contribution in [0.25, 0.3) is 0 Å². The Kier molecular flexibility index (Phi) is 4.05. The van der Waals surface area contributed by atoms with Crippen molar-refractivity contribution < 1.29 is 14.3 Å². The predicted molar refractivity (Wildman–Crippen MR) is 100 cm³/mol. The third kappa shape index (κ3) is 2.58. The lowest BCUT2D eigenvalue weighted by Crippen LogP contribution is -2.35. The normalized spacial score (nSPS) is 18.1.